The average Bonchev–Trinajstić information content (AvgIpc) is 3.07. The molecule has 0 radical (unpaired) electrons. The molecule has 0 spiro atoms. The molecule has 3 aromatic rings. The van der Waals surface area contributed by atoms with Gasteiger partial charge in [-0.3, -0.25) is 14.4 Å². The second kappa shape index (κ2) is 17.2. The Hall–Kier alpha value is -4.01. The number of hydrogen-bond acceptors (Lipinski definition) is 5. The van der Waals surface area contributed by atoms with Gasteiger partial charge in [0.1, 0.15) is 12.1 Å². The second-order valence-corrected chi connectivity index (χ2v) is 13.2. The van der Waals surface area contributed by atoms with Crippen molar-refractivity contribution in [3.05, 3.63) is 96.1 Å². The van der Waals surface area contributed by atoms with Gasteiger partial charge in [-0.2, -0.15) is 0 Å². The van der Waals surface area contributed by atoms with Gasteiger partial charge in [-0.15, -0.1) is 0 Å². The monoisotopic (exact) mass is 639 g/mol. The molecule has 47 heavy (non-hydrogen) atoms. The van der Waals surface area contributed by atoms with Gasteiger partial charge in [-0.25, -0.2) is 0 Å². The standard InChI is InChI=1S/C39H53N5O3/c1-5-13-33(41-2)21-25-42-37(46)34(27-29-14-7-6-8-15-29)44(4)38(47)35(28-30-19-20-31-16-9-10-17-32(31)26-30)43(3)36(45)18-11-22-39(40)23-12-24-39/h6-11,14-20,26,33-35,41H,5,12-13,21-25,27-28,40H2,1-4H3,(H,42,46)/b18-11+/t33?,34?,35-/m0/s1. The van der Waals surface area contributed by atoms with Crippen LogP contribution in [0.4, 0.5) is 0 Å². The number of nitrogens with one attached hydrogen (secondary N) is 2. The first-order chi connectivity index (χ1) is 22.6. The molecule has 0 bridgehead atoms. The fraction of sp³-hybridized carbons (Fsp3) is 0.462. The van der Waals surface area contributed by atoms with E-state index in [0.717, 1.165) is 60.4 Å². The Labute approximate surface area is 280 Å². The average molecular weight is 640 g/mol. The molecule has 1 saturated carbocycles. The van der Waals surface area contributed by atoms with Gasteiger partial charge in [0.15, 0.2) is 0 Å². The minimum atomic E-state index is -0.821. The van der Waals surface area contributed by atoms with Gasteiger partial charge in [-0.05, 0) is 73.5 Å². The lowest BCUT2D eigenvalue weighted by molar-refractivity contribution is -0.146. The summed E-state index contributed by atoms with van der Waals surface area (Å²) < 4.78 is 0. The SMILES string of the molecule is CCCC(CCNC(=O)C(Cc1ccccc1)N(C)C(=O)[C@H](Cc1ccc2ccccc2c1)N(C)C(=O)/C=C/CC1(N)CCC1)NC. The number of nitrogens with zero attached hydrogens (tertiary/aromatic N) is 2. The van der Waals surface area contributed by atoms with Crippen LogP contribution < -0.4 is 16.4 Å². The summed E-state index contributed by atoms with van der Waals surface area (Å²) in [5, 5.41) is 8.59. The molecule has 3 aromatic carbocycles. The lowest BCUT2D eigenvalue weighted by Crippen LogP contribution is -2.56. The van der Waals surface area contributed by atoms with Gasteiger partial charge in [0.25, 0.3) is 0 Å². The van der Waals surface area contributed by atoms with E-state index in [1.54, 1.807) is 14.1 Å². The number of rotatable bonds is 17. The van der Waals surface area contributed by atoms with Crippen molar-refractivity contribution in [3.63, 3.8) is 0 Å². The van der Waals surface area contributed by atoms with E-state index in [0.29, 0.717) is 31.8 Å². The molecule has 8 heteroatoms. The van der Waals surface area contributed by atoms with Crippen molar-refractivity contribution in [3.8, 4) is 0 Å². The summed E-state index contributed by atoms with van der Waals surface area (Å²) in [6, 6.07) is 22.7. The normalized spacial score (nSPS) is 15.9. The zero-order valence-electron chi connectivity index (χ0n) is 28.6. The molecule has 0 aliphatic heterocycles. The van der Waals surface area contributed by atoms with Crippen LogP contribution in [0.1, 0.15) is 63.0 Å². The first-order valence-corrected chi connectivity index (χ1v) is 17.1. The predicted octanol–water partition coefficient (Wildman–Crippen LogP) is 5.00. The Morgan fingerprint density at radius 3 is 2.21 bits per heavy atom. The van der Waals surface area contributed by atoms with Crippen LogP contribution in [-0.4, -0.2) is 78.9 Å². The van der Waals surface area contributed by atoms with Crippen molar-refractivity contribution < 1.29 is 14.4 Å². The lowest BCUT2D eigenvalue weighted by atomic mass is 9.75. The lowest BCUT2D eigenvalue weighted by Gasteiger charge is -2.37. The molecule has 4 N–H and O–H groups in total. The Bertz CT molecular complexity index is 1500. The van der Waals surface area contributed by atoms with Crippen molar-refractivity contribution in [1.82, 2.24) is 20.4 Å². The Morgan fingerprint density at radius 1 is 0.872 bits per heavy atom. The van der Waals surface area contributed by atoms with Crippen molar-refractivity contribution >= 4 is 28.5 Å². The molecule has 4 rings (SSSR count). The van der Waals surface area contributed by atoms with Crippen LogP contribution in [0.15, 0.2) is 84.9 Å². The highest BCUT2D eigenvalue weighted by atomic mass is 16.2. The molecule has 0 saturated heterocycles. The van der Waals surface area contributed by atoms with Crippen LogP contribution in [0, 0.1) is 0 Å². The maximum Gasteiger partial charge on any atom is 0.246 e. The fourth-order valence-corrected chi connectivity index (χ4v) is 6.38. The molecule has 2 unspecified atom stereocenters. The summed E-state index contributed by atoms with van der Waals surface area (Å²) in [4.78, 5) is 44.9. The third-order valence-electron chi connectivity index (χ3n) is 9.70. The molecular weight excluding hydrogens is 586 g/mol. The van der Waals surface area contributed by atoms with Gasteiger partial charge < -0.3 is 26.2 Å². The van der Waals surface area contributed by atoms with Crippen LogP contribution in [0.25, 0.3) is 10.8 Å². The summed E-state index contributed by atoms with van der Waals surface area (Å²) in [5.41, 5.74) is 8.04. The Kier molecular flexibility index (Phi) is 13.1. The highest BCUT2D eigenvalue weighted by molar-refractivity contribution is 5.95. The molecule has 3 atom stereocenters. The van der Waals surface area contributed by atoms with Crippen molar-refractivity contribution in [2.45, 2.75) is 88.4 Å². The summed E-state index contributed by atoms with van der Waals surface area (Å²) in [5.74, 6) is -0.756. The molecule has 252 valence electrons. The van der Waals surface area contributed by atoms with Crippen LogP contribution >= 0.6 is 0 Å². The van der Waals surface area contributed by atoms with Crippen LogP contribution in [0.3, 0.4) is 0 Å². The predicted molar refractivity (Wildman–Crippen MR) is 191 cm³/mol. The number of likely N-dealkylation sites (N-methyl/N-ethyl adjacent to an activating group) is 2. The van der Waals surface area contributed by atoms with Crippen molar-refractivity contribution in [2.75, 3.05) is 27.7 Å². The number of amides is 3. The van der Waals surface area contributed by atoms with E-state index in [-0.39, 0.29) is 23.3 Å². The zero-order valence-corrected chi connectivity index (χ0v) is 28.6. The molecule has 3 amide bonds. The van der Waals surface area contributed by atoms with Crippen molar-refractivity contribution in [2.24, 2.45) is 5.73 Å². The highest BCUT2D eigenvalue weighted by Gasteiger charge is 2.35. The minimum Gasteiger partial charge on any atom is -0.354 e. The summed E-state index contributed by atoms with van der Waals surface area (Å²) >= 11 is 0. The number of fused-ring (bicyclic) bond motifs is 1. The van der Waals surface area contributed by atoms with Gasteiger partial charge in [-0.1, -0.05) is 92.2 Å². The Balaban J connectivity index is 1.58. The second-order valence-electron chi connectivity index (χ2n) is 13.2. The first kappa shape index (κ1) is 35.8. The van der Waals surface area contributed by atoms with Gasteiger partial charge in [0.2, 0.25) is 17.7 Å². The summed E-state index contributed by atoms with van der Waals surface area (Å²) in [7, 11) is 5.29. The van der Waals surface area contributed by atoms with Gasteiger partial charge in [0, 0.05) is 45.1 Å². The molecule has 1 aliphatic rings. The van der Waals surface area contributed by atoms with E-state index in [4.69, 9.17) is 5.73 Å². The number of carbonyl (C=O) groups is 3. The number of carbonyl (C=O) groups excluding carboxylic acids is 3. The smallest absolute Gasteiger partial charge is 0.246 e. The molecule has 8 nitrogen and oxygen atoms in total. The van der Waals surface area contributed by atoms with Crippen LogP contribution in [-0.2, 0) is 27.2 Å². The molecule has 0 aromatic heterocycles. The van der Waals surface area contributed by atoms with E-state index in [1.165, 1.54) is 15.9 Å². The summed E-state index contributed by atoms with van der Waals surface area (Å²) in [6.45, 7) is 2.65. The summed E-state index contributed by atoms with van der Waals surface area (Å²) in [6.07, 6.45) is 10.6. The molecule has 0 heterocycles. The van der Waals surface area contributed by atoms with Gasteiger partial charge >= 0.3 is 0 Å². The molecule has 1 aliphatic carbocycles. The third kappa shape index (κ3) is 9.99. The van der Waals surface area contributed by atoms with Gasteiger partial charge in [0.05, 0.1) is 0 Å². The topological polar surface area (TPSA) is 108 Å². The maximum absolute atomic E-state index is 14.5. The zero-order chi connectivity index (χ0) is 33.8. The highest BCUT2D eigenvalue weighted by Crippen LogP contribution is 2.32. The number of nitrogens with two attached hydrogens (primary N) is 1. The van der Waals surface area contributed by atoms with E-state index in [2.05, 4.69) is 29.7 Å². The van der Waals surface area contributed by atoms with E-state index >= 15 is 0 Å². The fourth-order valence-electron chi connectivity index (χ4n) is 6.38. The largest absolute Gasteiger partial charge is 0.354 e. The van der Waals surface area contributed by atoms with Crippen LogP contribution in [0.5, 0.6) is 0 Å². The van der Waals surface area contributed by atoms with E-state index < -0.39 is 12.1 Å². The minimum absolute atomic E-state index is 0.205. The molecule has 1 fully saturated rings. The number of hydrogen-bond donors (Lipinski definition) is 3. The quantitative estimate of drug-likeness (QED) is 0.180. The number of benzene rings is 3. The first-order valence-electron chi connectivity index (χ1n) is 17.1. The maximum atomic E-state index is 14.5. The van der Waals surface area contributed by atoms with Crippen LogP contribution in [0.2, 0.25) is 0 Å². The third-order valence-corrected chi connectivity index (χ3v) is 9.70. The van der Waals surface area contributed by atoms with E-state index in [9.17, 15) is 14.4 Å². The van der Waals surface area contributed by atoms with Crippen molar-refractivity contribution in [1.29, 1.82) is 0 Å². The Morgan fingerprint density at radius 2 is 1.55 bits per heavy atom. The van der Waals surface area contributed by atoms with E-state index in [1.807, 2.05) is 73.8 Å². The molecular formula is C39H53N5O3.